The SMILES string of the molecule is CC(C)N1CCN(C2CCN(Cc3cnc(N)s3)CC2)CC1.Cl. The molecule has 2 N–H and O–H groups in total. The van der Waals surface area contributed by atoms with Crippen molar-refractivity contribution in [1.82, 2.24) is 19.7 Å². The average Bonchev–Trinajstić information content (AvgIpc) is 2.93. The summed E-state index contributed by atoms with van der Waals surface area (Å²) in [6, 6.07) is 1.48. The van der Waals surface area contributed by atoms with Gasteiger partial charge in [-0.15, -0.1) is 23.7 Å². The highest BCUT2D eigenvalue weighted by atomic mass is 35.5. The smallest absolute Gasteiger partial charge is 0.180 e. The standard InChI is InChI=1S/C16H29N5S.ClH/c1-13(2)20-7-9-21(10-8-20)14-3-5-19(6-4-14)12-15-11-18-16(17)22-15;/h11,13-14H,3-10,12H2,1-2H3,(H2,17,18);1H. The molecule has 3 heterocycles. The largest absolute Gasteiger partial charge is 0.375 e. The number of nitrogens with zero attached hydrogens (tertiary/aromatic N) is 4. The van der Waals surface area contributed by atoms with Crippen molar-refractivity contribution in [1.29, 1.82) is 0 Å². The van der Waals surface area contributed by atoms with Crippen LogP contribution in [0.15, 0.2) is 6.20 Å². The Morgan fingerprint density at radius 3 is 2.35 bits per heavy atom. The lowest BCUT2D eigenvalue weighted by Gasteiger charge is -2.43. The monoisotopic (exact) mass is 359 g/mol. The van der Waals surface area contributed by atoms with Gasteiger partial charge in [0.25, 0.3) is 0 Å². The van der Waals surface area contributed by atoms with Crippen molar-refractivity contribution in [3.05, 3.63) is 11.1 Å². The lowest BCUT2D eigenvalue weighted by Crippen LogP contribution is -2.54. The van der Waals surface area contributed by atoms with Crippen molar-refractivity contribution in [3.8, 4) is 0 Å². The molecule has 2 aliphatic heterocycles. The molecule has 0 spiro atoms. The second-order valence-corrected chi connectivity index (χ2v) is 7.98. The average molecular weight is 360 g/mol. The van der Waals surface area contributed by atoms with Crippen molar-refractivity contribution in [2.75, 3.05) is 45.0 Å². The molecule has 0 saturated carbocycles. The first-order chi connectivity index (χ1) is 10.6. The molecule has 0 aliphatic carbocycles. The minimum Gasteiger partial charge on any atom is -0.375 e. The van der Waals surface area contributed by atoms with Gasteiger partial charge in [0, 0.05) is 69.0 Å². The highest BCUT2D eigenvalue weighted by Crippen LogP contribution is 2.22. The fourth-order valence-electron chi connectivity index (χ4n) is 3.68. The van der Waals surface area contributed by atoms with Gasteiger partial charge in [-0.1, -0.05) is 0 Å². The quantitative estimate of drug-likeness (QED) is 0.892. The second kappa shape index (κ2) is 8.62. The third-order valence-electron chi connectivity index (χ3n) is 5.10. The number of thiazole rings is 1. The number of hydrogen-bond acceptors (Lipinski definition) is 6. The lowest BCUT2D eigenvalue weighted by molar-refractivity contribution is 0.0473. The van der Waals surface area contributed by atoms with Crippen molar-refractivity contribution < 1.29 is 0 Å². The van der Waals surface area contributed by atoms with Crippen LogP contribution in [-0.4, -0.2) is 71.0 Å². The Balaban J connectivity index is 0.00000192. The Morgan fingerprint density at radius 2 is 1.83 bits per heavy atom. The summed E-state index contributed by atoms with van der Waals surface area (Å²) in [6.07, 6.45) is 4.53. The third-order valence-corrected chi connectivity index (χ3v) is 5.91. The molecule has 0 amide bonds. The molecular weight excluding hydrogens is 330 g/mol. The number of piperidine rings is 1. The first-order valence-electron chi connectivity index (χ1n) is 8.52. The molecule has 0 unspecified atom stereocenters. The summed E-state index contributed by atoms with van der Waals surface area (Å²) < 4.78 is 0. The molecule has 23 heavy (non-hydrogen) atoms. The normalized spacial score (nSPS) is 22.4. The molecular formula is C16H30ClN5S. The van der Waals surface area contributed by atoms with E-state index in [2.05, 4.69) is 33.5 Å². The molecule has 3 rings (SSSR count). The summed E-state index contributed by atoms with van der Waals surface area (Å²) in [7, 11) is 0. The molecule has 0 radical (unpaired) electrons. The number of hydrogen-bond donors (Lipinski definition) is 1. The fourth-order valence-corrected chi connectivity index (χ4v) is 4.40. The summed E-state index contributed by atoms with van der Waals surface area (Å²) in [6.45, 7) is 13.0. The first-order valence-corrected chi connectivity index (χ1v) is 9.34. The Hall–Kier alpha value is -0.400. The van der Waals surface area contributed by atoms with Gasteiger partial charge in [0.1, 0.15) is 0 Å². The van der Waals surface area contributed by atoms with Gasteiger partial charge in [0.05, 0.1) is 0 Å². The minimum atomic E-state index is 0. The maximum Gasteiger partial charge on any atom is 0.180 e. The van der Waals surface area contributed by atoms with Crippen molar-refractivity contribution in [3.63, 3.8) is 0 Å². The van der Waals surface area contributed by atoms with E-state index >= 15 is 0 Å². The van der Waals surface area contributed by atoms with E-state index in [1.165, 1.54) is 57.0 Å². The number of nitrogen functional groups attached to an aromatic ring is 1. The van der Waals surface area contributed by atoms with Gasteiger partial charge in [-0.05, 0) is 26.7 Å². The van der Waals surface area contributed by atoms with Gasteiger partial charge in [-0.2, -0.15) is 0 Å². The number of likely N-dealkylation sites (tertiary alicyclic amines) is 1. The Labute approximate surface area is 150 Å². The van der Waals surface area contributed by atoms with Crippen LogP contribution in [0.2, 0.25) is 0 Å². The van der Waals surface area contributed by atoms with Gasteiger partial charge in [-0.25, -0.2) is 4.98 Å². The van der Waals surface area contributed by atoms with E-state index in [0.717, 1.165) is 12.6 Å². The van der Waals surface area contributed by atoms with Gasteiger partial charge >= 0.3 is 0 Å². The maximum absolute atomic E-state index is 5.71. The molecule has 132 valence electrons. The number of aromatic nitrogens is 1. The number of rotatable bonds is 4. The Bertz CT molecular complexity index is 465. The van der Waals surface area contributed by atoms with E-state index in [1.54, 1.807) is 11.3 Å². The molecule has 1 aromatic rings. The minimum absolute atomic E-state index is 0. The molecule has 0 aromatic carbocycles. The van der Waals surface area contributed by atoms with Crippen LogP contribution in [0.4, 0.5) is 5.13 Å². The zero-order valence-corrected chi connectivity index (χ0v) is 15.9. The molecule has 2 fully saturated rings. The molecule has 2 saturated heterocycles. The number of piperazine rings is 1. The number of halogens is 1. The second-order valence-electron chi connectivity index (χ2n) is 6.84. The predicted octanol–water partition coefficient (Wildman–Crippen LogP) is 2.14. The molecule has 5 nitrogen and oxygen atoms in total. The van der Waals surface area contributed by atoms with E-state index in [4.69, 9.17) is 5.73 Å². The highest BCUT2D eigenvalue weighted by Gasteiger charge is 2.28. The predicted molar refractivity (Wildman–Crippen MR) is 100 cm³/mol. The molecule has 0 atom stereocenters. The van der Waals surface area contributed by atoms with Crippen LogP contribution in [0, 0.1) is 0 Å². The lowest BCUT2D eigenvalue weighted by atomic mass is 10.0. The van der Waals surface area contributed by atoms with E-state index in [-0.39, 0.29) is 12.4 Å². The number of anilines is 1. The van der Waals surface area contributed by atoms with Gasteiger partial charge in [0.2, 0.25) is 0 Å². The summed E-state index contributed by atoms with van der Waals surface area (Å²) in [4.78, 5) is 13.3. The van der Waals surface area contributed by atoms with E-state index in [9.17, 15) is 0 Å². The zero-order chi connectivity index (χ0) is 15.5. The summed E-state index contributed by atoms with van der Waals surface area (Å²) >= 11 is 1.62. The molecule has 7 heteroatoms. The maximum atomic E-state index is 5.71. The molecule has 0 bridgehead atoms. The Morgan fingerprint density at radius 1 is 1.17 bits per heavy atom. The van der Waals surface area contributed by atoms with Crippen LogP contribution >= 0.6 is 23.7 Å². The van der Waals surface area contributed by atoms with Crippen LogP contribution in [0.3, 0.4) is 0 Å². The van der Waals surface area contributed by atoms with Crippen LogP contribution < -0.4 is 5.73 Å². The van der Waals surface area contributed by atoms with Crippen molar-refractivity contribution in [2.24, 2.45) is 0 Å². The van der Waals surface area contributed by atoms with Gasteiger partial charge in [-0.3, -0.25) is 14.7 Å². The highest BCUT2D eigenvalue weighted by molar-refractivity contribution is 7.15. The summed E-state index contributed by atoms with van der Waals surface area (Å²) in [5, 5.41) is 0.688. The number of nitrogens with two attached hydrogens (primary N) is 1. The summed E-state index contributed by atoms with van der Waals surface area (Å²) in [5.74, 6) is 0. The fraction of sp³-hybridized carbons (Fsp3) is 0.812. The van der Waals surface area contributed by atoms with Crippen LogP contribution in [-0.2, 0) is 6.54 Å². The van der Waals surface area contributed by atoms with Crippen LogP contribution in [0.25, 0.3) is 0 Å². The van der Waals surface area contributed by atoms with E-state index in [1.807, 2.05) is 6.20 Å². The van der Waals surface area contributed by atoms with E-state index in [0.29, 0.717) is 11.2 Å². The third kappa shape index (κ3) is 5.03. The molecule has 2 aliphatic rings. The topological polar surface area (TPSA) is 48.6 Å². The zero-order valence-electron chi connectivity index (χ0n) is 14.3. The van der Waals surface area contributed by atoms with Gasteiger partial charge < -0.3 is 5.73 Å². The van der Waals surface area contributed by atoms with Crippen molar-refractivity contribution in [2.45, 2.75) is 45.3 Å². The van der Waals surface area contributed by atoms with Gasteiger partial charge in [0.15, 0.2) is 5.13 Å². The first kappa shape index (κ1) is 18.9. The van der Waals surface area contributed by atoms with Crippen LogP contribution in [0.1, 0.15) is 31.6 Å². The molecule has 1 aromatic heterocycles. The van der Waals surface area contributed by atoms with Crippen LogP contribution in [0.5, 0.6) is 0 Å². The Kier molecular flexibility index (Phi) is 7.10. The summed E-state index contributed by atoms with van der Waals surface area (Å²) in [5.41, 5.74) is 5.71. The van der Waals surface area contributed by atoms with E-state index < -0.39 is 0 Å². The van der Waals surface area contributed by atoms with Crippen molar-refractivity contribution >= 4 is 28.9 Å².